The molecule has 1 amide bonds. The maximum atomic E-state index is 13.2. The predicted molar refractivity (Wildman–Crippen MR) is 108 cm³/mol. The monoisotopic (exact) mass is 377 g/mol. The Morgan fingerprint density at radius 3 is 2.36 bits per heavy atom. The molecule has 28 heavy (non-hydrogen) atoms. The quantitative estimate of drug-likeness (QED) is 0.699. The largest absolute Gasteiger partial charge is 0.494 e. The van der Waals surface area contributed by atoms with Gasteiger partial charge in [-0.1, -0.05) is 18.2 Å². The van der Waals surface area contributed by atoms with Crippen molar-refractivity contribution in [3.8, 4) is 11.4 Å². The minimum atomic E-state index is -0.241. The second-order valence-corrected chi connectivity index (χ2v) is 6.89. The molecule has 1 aliphatic rings. The smallest absolute Gasteiger partial charge is 0.279 e. The summed E-state index contributed by atoms with van der Waals surface area (Å²) in [6.45, 7) is 3.96. The highest BCUT2D eigenvalue weighted by atomic mass is 16.5. The Hall–Kier alpha value is -3.15. The van der Waals surface area contributed by atoms with Crippen molar-refractivity contribution in [3.05, 3.63) is 64.6 Å². The van der Waals surface area contributed by atoms with E-state index in [1.165, 1.54) is 4.68 Å². The standard InChI is InChI=1S/C22H23N3O3/c1-2-28-17-12-10-16(11-13-17)25-21(26)19-9-5-4-8-18(19)20(23-25)22(27)24-14-6-3-7-15-24/h4-5,8-13H,2-3,6-7,14-15H2,1H3. The van der Waals surface area contributed by atoms with Gasteiger partial charge in [0.05, 0.1) is 17.7 Å². The van der Waals surface area contributed by atoms with Crippen LogP contribution in [0.3, 0.4) is 0 Å². The molecule has 0 radical (unpaired) electrons. The van der Waals surface area contributed by atoms with Gasteiger partial charge in [0, 0.05) is 18.5 Å². The molecule has 0 N–H and O–H groups in total. The van der Waals surface area contributed by atoms with Gasteiger partial charge in [-0.15, -0.1) is 0 Å². The van der Waals surface area contributed by atoms with E-state index >= 15 is 0 Å². The first-order valence-electron chi connectivity index (χ1n) is 9.73. The summed E-state index contributed by atoms with van der Waals surface area (Å²) in [5.41, 5.74) is 0.688. The number of ether oxygens (including phenoxy) is 1. The zero-order valence-corrected chi connectivity index (χ0v) is 15.9. The Morgan fingerprint density at radius 2 is 1.68 bits per heavy atom. The number of piperidine rings is 1. The fourth-order valence-corrected chi connectivity index (χ4v) is 3.62. The molecule has 1 saturated heterocycles. The molecule has 0 spiro atoms. The summed E-state index contributed by atoms with van der Waals surface area (Å²) in [5, 5.41) is 5.59. The molecule has 0 aliphatic carbocycles. The minimum Gasteiger partial charge on any atom is -0.494 e. The summed E-state index contributed by atoms with van der Waals surface area (Å²) >= 11 is 0. The summed E-state index contributed by atoms with van der Waals surface area (Å²) in [5.74, 6) is 0.611. The number of hydrogen-bond donors (Lipinski definition) is 0. The molecule has 6 nitrogen and oxygen atoms in total. The van der Waals surface area contributed by atoms with Crippen LogP contribution in [-0.2, 0) is 0 Å². The van der Waals surface area contributed by atoms with Crippen LogP contribution < -0.4 is 10.3 Å². The number of carbonyl (C=O) groups excluding carboxylic acids is 1. The second kappa shape index (κ2) is 7.84. The van der Waals surface area contributed by atoms with Gasteiger partial charge in [0.15, 0.2) is 5.69 Å². The van der Waals surface area contributed by atoms with Gasteiger partial charge in [-0.2, -0.15) is 9.78 Å². The molecule has 1 aliphatic heterocycles. The molecule has 0 unspecified atom stereocenters. The lowest BCUT2D eigenvalue weighted by Crippen LogP contribution is -2.37. The first-order chi connectivity index (χ1) is 13.7. The van der Waals surface area contributed by atoms with E-state index in [9.17, 15) is 9.59 Å². The highest BCUT2D eigenvalue weighted by Crippen LogP contribution is 2.20. The molecule has 3 aromatic rings. The lowest BCUT2D eigenvalue weighted by atomic mass is 10.1. The van der Waals surface area contributed by atoms with Crippen molar-refractivity contribution in [2.24, 2.45) is 0 Å². The lowest BCUT2D eigenvalue weighted by Gasteiger charge is -2.26. The van der Waals surface area contributed by atoms with Crippen molar-refractivity contribution in [3.63, 3.8) is 0 Å². The highest BCUT2D eigenvalue weighted by molar-refractivity contribution is 6.04. The van der Waals surface area contributed by atoms with Crippen LogP contribution >= 0.6 is 0 Å². The molecule has 0 bridgehead atoms. The SMILES string of the molecule is CCOc1ccc(-n2nc(C(=O)N3CCCCC3)c3ccccc3c2=O)cc1. The molecular formula is C22H23N3O3. The average molecular weight is 377 g/mol. The van der Waals surface area contributed by atoms with E-state index < -0.39 is 0 Å². The lowest BCUT2D eigenvalue weighted by molar-refractivity contribution is 0.0718. The van der Waals surface area contributed by atoms with Crippen molar-refractivity contribution in [2.45, 2.75) is 26.2 Å². The first kappa shape index (κ1) is 18.2. The van der Waals surface area contributed by atoms with Gasteiger partial charge in [0.25, 0.3) is 11.5 Å². The van der Waals surface area contributed by atoms with Crippen molar-refractivity contribution in [1.29, 1.82) is 0 Å². The number of carbonyl (C=O) groups is 1. The number of nitrogens with zero attached hydrogens (tertiary/aromatic N) is 3. The zero-order chi connectivity index (χ0) is 19.5. The van der Waals surface area contributed by atoms with Gasteiger partial charge >= 0.3 is 0 Å². The fraction of sp³-hybridized carbons (Fsp3) is 0.318. The van der Waals surface area contributed by atoms with E-state index in [0.29, 0.717) is 28.8 Å². The van der Waals surface area contributed by atoms with Gasteiger partial charge in [0.1, 0.15) is 5.75 Å². The van der Waals surface area contributed by atoms with Crippen molar-refractivity contribution >= 4 is 16.7 Å². The third kappa shape index (κ3) is 3.38. The van der Waals surface area contributed by atoms with Crippen molar-refractivity contribution in [2.75, 3.05) is 19.7 Å². The Labute approximate surface area is 163 Å². The Balaban J connectivity index is 1.84. The summed E-state index contributed by atoms with van der Waals surface area (Å²) in [4.78, 5) is 28.0. The van der Waals surface area contributed by atoms with E-state index in [-0.39, 0.29) is 11.5 Å². The molecule has 0 atom stereocenters. The predicted octanol–water partition coefficient (Wildman–Crippen LogP) is 3.41. The van der Waals surface area contributed by atoms with Crippen molar-refractivity contribution in [1.82, 2.24) is 14.7 Å². The van der Waals surface area contributed by atoms with E-state index in [2.05, 4.69) is 5.10 Å². The fourth-order valence-electron chi connectivity index (χ4n) is 3.62. The van der Waals surface area contributed by atoms with Gasteiger partial charge in [0.2, 0.25) is 0 Å². The Kier molecular flexibility index (Phi) is 5.10. The highest BCUT2D eigenvalue weighted by Gasteiger charge is 2.23. The van der Waals surface area contributed by atoms with Crippen LogP contribution in [-0.4, -0.2) is 40.3 Å². The number of hydrogen-bond acceptors (Lipinski definition) is 4. The Bertz CT molecular complexity index is 1050. The van der Waals surface area contributed by atoms with E-state index in [4.69, 9.17) is 4.74 Å². The number of likely N-dealkylation sites (tertiary alicyclic amines) is 1. The van der Waals surface area contributed by atoms with Gasteiger partial charge in [-0.25, -0.2) is 0 Å². The Morgan fingerprint density at radius 1 is 1.00 bits per heavy atom. The molecule has 1 fully saturated rings. The maximum absolute atomic E-state index is 13.2. The third-order valence-electron chi connectivity index (χ3n) is 5.04. The average Bonchev–Trinajstić information content (AvgIpc) is 2.75. The van der Waals surface area contributed by atoms with Crippen LogP contribution in [0, 0.1) is 0 Å². The molecule has 144 valence electrons. The molecule has 0 saturated carbocycles. The topological polar surface area (TPSA) is 64.4 Å². The van der Waals surface area contributed by atoms with Crippen LogP contribution in [0.2, 0.25) is 0 Å². The zero-order valence-electron chi connectivity index (χ0n) is 15.9. The number of fused-ring (bicyclic) bond motifs is 1. The van der Waals surface area contributed by atoms with Crippen LogP contribution in [0.25, 0.3) is 16.5 Å². The number of rotatable bonds is 4. The van der Waals surface area contributed by atoms with E-state index in [1.54, 1.807) is 42.5 Å². The summed E-state index contributed by atoms with van der Waals surface area (Å²) in [6, 6.07) is 14.3. The molecule has 2 aromatic carbocycles. The van der Waals surface area contributed by atoms with Crippen LogP contribution in [0.4, 0.5) is 0 Å². The third-order valence-corrected chi connectivity index (χ3v) is 5.04. The summed E-state index contributed by atoms with van der Waals surface area (Å²) < 4.78 is 6.78. The first-order valence-corrected chi connectivity index (χ1v) is 9.73. The number of aromatic nitrogens is 2. The van der Waals surface area contributed by atoms with Gasteiger partial charge < -0.3 is 9.64 Å². The van der Waals surface area contributed by atoms with E-state index in [1.807, 2.05) is 17.9 Å². The molecule has 6 heteroatoms. The normalized spacial score (nSPS) is 14.2. The van der Waals surface area contributed by atoms with Crippen LogP contribution in [0.5, 0.6) is 5.75 Å². The van der Waals surface area contributed by atoms with Crippen LogP contribution in [0.15, 0.2) is 53.3 Å². The van der Waals surface area contributed by atoms with Crippen LogP contribution in [0.1, 0.15) is 36.7 Å². The number of benzene rings is 2. The molecule has 4 rings (SSSR count). The molecular weight excluding hydrogens is 354 g/mol. The van der Waals surface area contributed by atoms with Gasteiger partial charge in [-0.3, -0.25) is 9.59 Å². The molecule has 1 aromatic heterocycles. The van der Waals surface area contributed by atoms with Crippen molar-refractivity contribution < 1.29 is 9.53 Å². The van der Waals surface area contributed by atoms with Gasteiger partial charge in [-0.05, 0) is 56.5 Å². The summed E-state index contributed by atoms with van der Waals surface area (Å²) in [7, 11) is 0. The minimum absolute atomic E-state index is 0.115. The van der Waals surface area contributed by atoms with E-state index in [0.717, 1.165) is 38.1 Å². The maximum Gasteiger partial charge on any atom is 0.279 e. The second-order valence-electron chi connectivity index (χ2n) is 6.89. The summed E-state index contributed by atoms with van der Waals surface area (Å²) in [6.07, 6.45) is 3.15. The number of amides is 1. The molecule has 2 heterocycles.